The van der Waals surface area contributed by atoms with E-state index in [0.29, 0.717) is 34.7 Å². The van der Waals surface area contributed by atoms with Crippen LogP contribution in [0.1, 0.15) is 15.9 Å². The van der Waals surface area contributed by atoms with Gasteiger partial charge in [0.2, 0.25) is 0 Å². The fourth-order valence-electron chi connectivity index (χ4n) is 3.54. The van der Waals surface area contributed by atoms with E-state index in [-0.39, 0.29) is 11.7 Å². The zero-order chi connectivity index (χ0) is 21.9. The molecule has 0 saturated carbocycles. The van der Waals surface area contributed by atoms with Crippen LogP contribution >= 0.6 is 0 Å². The first-order chi connectivity index (χ1) is 15.7. The maximum Gasteiger partial charge on any atom is 0.257 e. The summed E-state index contributed by atoms with van der Waals surface area (Å²) >= 11 is 0. The fourth-order valence-corrected chi connectivity index (χ4v) is 3.54. The van der Waals surface area contributed by atoms with E-state index in [0.717, 1.165) is 11.1 Å². The van der Waals surface area contributed by atoms with E-state index in [4.69, 9.17) is 4.98 Å². The molecule has 0 bridgehead atoms. The number of anilines is 1. The van der Waals surface area contributed by atoms with Crippen molar-refractivity contribution in [2.24, 2.45) is 0 Å². The zero-order valence-corrected chi connectivity index (χ0v) is 16.9. The minimum absolute atomic E-state index is 0.307. The lowest BCUT2D eigenvalue weighted by Gasteiger charge is -2.10. The molecule has 0 atom stereocenters. The van der Waals surface area contributed by atoms with Gasteiger partial charge in [0.05, 0.1) is 29.4 Å². The Morgan fingerprint density at radius 3 is 2.59 bits per heavy atom. The molecule has 5 aromatic rings. The second kappa shape index (κ2) is 8.39. The molecule has 7 heteroatoms. The van der Waals surface area contributed by atoms with Crippen LogP contribution < -0.4 is 5.32 Å². The molecular formula is C25H18FN5O. The number of halogens is 1. The number of carbonyl (C=O) groups excluding carboxylic acids is 1. The molecule has 5 rings (SSSR count). The number of carbonyl (C=O) groups is 1. The molecule has 6 nitrogen and oxygen atoms in total. The van der Waals surface area contributed by atoms with Gasteiger partial charge in [-0.1, -0.05) is 48.5 Å². The number of benzene rings is 2. The van der Waals surface area contributed by atoms with Gasteiger partial charge in [-0.05, 0) is 35.9 Å². The van der Waals surface area contributed by atoms with E-state index in [1.54, 1.807) is 47.4 Å². The summed E-state index contributed by atoms with van der Waals surface area (Å²) < 4.78 is 15.3. The lowest BCUT2D eigenvalue weighted by molar-refractivity contribution is 0.102. The van der Waals surface area contributed by atoms with Gasteiger partial charge in [-0.15, -0.1) is 0 Å². The number of rotatable bonds is 5. The predicted octanol–water partition coefficient (Wildman–Crippen LogP) is 4.93. The molecule has 0 fully saturated rings. The van der Waals surface area contributed by atoms with Crippen molar-refractivity contribution in [2.45, 2.75) is 6.54 Å². The molecule has 0 saturated heterocycles. The first kappa shape index (κ1) is 19.6. The number of pyridine rings is 2. The number of amides is 1. The number of aromatic nitrogens is 4. The zero-order valence-electron chi connectivity index (χ0n) is 16.9. The maximum atomic E-state index is 13.7. The van der Waals surface area contributed by atoms with Crippen LogP contribution in [0.25, 0.3) is 22.3 Å². The molecular weight excluding hydrogens is 405 g/mol. The topological polar surface area (TPSA) is 72.7 Å². The highest BCUT2D eigenvalue weighted by atomic mass is 19.1. The molecule has 2 aromatic carbocycles. The summed E-state index contributed by atoms with van der Waals surface area (Å²) in [6.07, 6.45) is 3.23. The first-order valence-electron chi connectivity index (χ1n) is 10.1. The first-order valence-corrected chi connectivity index (χ1v) is 10.1. The van der Waals surface area contributed by atoms with Crippen molar-refractivity contribution in [3.05, 3.63) is 108 Å². The largest absolute Gasteiger partial charge is 0.307 e. The Balaban J connectivity index is 1.62. The number of nitrogens with zero attached hydrogens (tertiary/aromatic N) is 4. The number of hydrogen-bond acceptors (Lipinski definition) is 4. The summed E-state index contributed by atoms with van der Waals surface area (Å²) in [5.41, 5.74) is 3.25. The number of fused-ring (bicyclic) bond motifs is 1. The van der Waals surface area contributed by atoms with Crippen molar-refractivity contribution in [2.75, 3.05) is 5.32 Å². The maximum absolute atomic E-state index is 13.7. The highest BCUT2D eigenvalue weighted by Gasteiger charge is 2.18. The van der Waals surface area contributed by atoms with Crippen molar-refractivity contribution in [3.63, 3.8) is 0 Å². The van der Waals surface area contributed by atoms with Crippen molar-refractivity contribution < 1.29 is 9.18 Å². The van der Waals surface area contributed by atoms with Gasteiger partial charge in [0.15, 0.2) is 5.65 Å². The van der Waals surface area contributed by atoms with Crippen molar-refractivity contribution in [1.82, 2.24) is 19.7 Å². The quantitative estimate of drug-likeness (QED) is 0.435. The monoisotopic (exact) mass is 423 g/mol. The molecule has 0 aliphatic rings. The molecule has 3 aromatic heterocycles. The van der Waals surface area contributed by atoms with Crippen LogP contribution in [0.2, 0.25) is 0 Å². The molecule has 1 amide bonds. The summed E-state index contributed by atoms with van der Waals surface area (Å²) in [4.78, 5) is 22.1. The molecule has 0 aliphatic heterocycles. The van der Waals surface area contributed by atoms with Gasteiger partial charge in [0.25, 0.3) is 5.91 Å². The van der Waals surface area contributed by atoms with Gasteiger partial charge in [-0.2, -0.15) is 5.10 Å². The third kappa shape index (κ3) is 3.96. The lowest BCUT2D eigenvalue weighted by Crippen LogP contribution is -2.14. The normalized spacial score (nSPS) is 10.9. The molecule has 156 valence electrons. The Kier molecular flexibility index (Phi) is 5.13. The van der Waals surface area contributed by atoms with E-state index in [1.807, 2.05) is 36.4 Å². The third-order valence-electron chi connectivity index (χ3n) is 5.05. The van der Waals surface area contributed by atoms with Crippen LogP contribution in [-0.2, 0) is 6.54 Å². The van der Waals surface area contributed by atoms with Crippen molar-refractivity contribution in [3.8, 4) is 11.3 Å². The average molecular weight is 423 g/mol. The fraction of sp³-hybridized carbons (Fsp3) is 0.0400. The van der Waals surface area contributed by atoms with Crippen LogP contribution in [-0.4, -0.2) is 25.7 Å². The minimum Gasteiger partial charge on any atom is -0.307 e. The van der Waals surface area contributed by atoms with Gasteiger partial charge in [-0.25, -0.2) is 19.0 Å². The summed E-state index contributed by atoms with van der Waals surface area (Å²) in [5, 5.41) is 7.88. The third-order valence-corrected chi connectivity index (χ3v) is 5.05. The Morgan fingerprint density at radius 2 is 1.81 bits per heavy atom. The number of nitrogens with one attached hydrogen (secondary N) is 1. The predicted molar refractivity (Wildman–Crippen MR) is 121 cm³/mol. The molecule has 32 heavy (non-hydrogen) atoms. The summed E-state index contributed by atoms with van der Waals surface area (Å²) in [6.45, 7) is 0.327. The van der Waals surface area contributed by atoms with E-state index < -0.39 is 0 Å². The molecule has 3 heterocycles. The average Bonchev–Trinajstić information content (AvgIpc) is 3.22. The minimum atomic E-state index is -0.313. The smallest absolute Gasteiger partial charge is 0.257 e. The van der Waals surface area contributed by atoms with Gasteiger partial charge in [-0.3, -0.25) is 4.79 Å². The Hall–Kier alpha value is -4.39. The SMILES string of the molecule is O=C(Nc1ccccn1)c1cc(-c2ccccc2)nc2c1cnn2Cc1cccc(F)c1. The molecule has 0 unspecified atom stereocenters. The van der Waals surface area contributed by atoms with Crippen LogP contribution in [0.5, 0.6) is 0 Å². The Labute approximate surface area is 183 Å². The second-order valence-corrected chi connectivity index (χ2v) is 7.26. The molecule has 0 aliphatic carbocycles. The second-order valence-electron chi connectivity index (χ2n) is 7.26. The van der Waals surface area contributed by atoms with Crippen molar-refractivity contribution in [1.29, 1.82) is 0 Å². The van der Waals surface area contributed by atoms with Gasteiger partial charge < -0.3 is 5.32 Å². The number of hydrogen-bond donors (Lipinski definition) is 1. The van der Waals surface area contributed by atoms with Crippen LogP contribution in [0.4, 0.5) is 10.2 Å². The van der Waals surface area contributed by atoms with E-state index >= 15 is 0 Å². The van der Waals surface area contributed by atoms with Crippen LogP contribution in [0, 0.1) is 5.82 Å². The highest BCUT2D eigenvalue weighted by molar-refractivity contribution is 6.12. The standard InChI is InChI=1S/C25H18FN5O/c26-19-10-6-7-17(13-19)16-31-24-21(15-28-31)20(25(32)30-23-11-4-5-12-27-23)14-22(29-24)18-8-2-1-3-9-18/h1-15H,16H2,(H,27,30,32). The highest BCUT2D eigenvalue weighted by Crippen LogP contribution is 2.26. The van der Waals surface area contributed by atoms with E-state index in [9.17, 15) is 9.18 Å². The van der Waals surface area contributed by atoms with Crippen LogP contribution in [0.15, 0.2) is 91.3 Å². The summed E-state index contributed by atoms with van der Waals surface area (Å²) in [7, 11) is 0. The Bertz CT molecular complexity index is 1400. The van der Waals surface area contributed by atoms with Crippen LogP contribution in [0.3, 0.4) is 0 Å². The Morgan fingerprint density at radius 1 is 0.969 bits per heavy atom. The van der Waals surface area contributed by atoms with Gasteiger partial charge >= 0.3 is 0 Å². The van der Waals surface area contributed by atoms with Gasteiger partial charge in [0, 0.05) is 11.8 Å². The lowest BCUT2D eigenvalue weighted by atomic mass is 10.1. The molecule has 0 spiro atoms. The van der Waals surface area contributed by atoms with E-state index in [1.165, 1.54) is 12.1 Å². The molecule has 1 N–H and O–H groups in total. The van der Waals surface area contributed by atoms with Gasteiger partial charge in [0.1, 0.15) is 11.6 Å². The van der Waals surface area contributed by atoms with Crippen molar-refractivity contribution >= 4 is 22.8 Å². The molecule has 0 radical (unpaired) electrons. The summed E-state index contributed by atoms with van der Waals surface area (Å²) in [5.74, 6) is -0.165. The van der Waals surface area contributed by atoms with E-state index in [2.05, 4.69) is 15.4 Å². The summed E-state index contributed by atoms with van der Waals surface area (Å²) in [6, 6.07) is 23.0.